The molecule has 0 aliphatic carbocycles. The molecular formula is O6PuSi2. The molecule has 0 radical (unpaired) electrons. The van der Waals surface area contributed by atoms with Gasteiger partial charge in [-0.05, 0) is 0 Å². The number of hydrogen-bond acceptors (Lipinski definition) is 6. The van der Waals surface area contributed by atoms with E-state index in [1.165, 1.54) is 0 Å². The average molecular weight is 396 g/mol. The first-order chi connectivity index (χ1) is 3.46. The molecular weight excluding hydrogens is 396 g/mol. The van der Waals surface area contributed by atoms with Crippen LogP contribution in [-0.2, 0) is 8.92 Å². The van der Waals surface area contributed by atoms with Gasteiger partial charge in [0.1, 0.15) is 0 Å². The van der Waals surface area contributed by atoms with E-state index in [0.717, 1.165) is 0 Å². The molecule has 0 atom stereocenters. The second kappa shape index (κ2) is 11.1. The maximum absolute atomic E-state index is 8.52. The van der Waals surface area contributed by atoms with E-state index in [1.54, 1.807) is 0 Å². The fraction of sp³-hybridized carbons (Fsp3) is 0. The van der Waals surface area contributed by atoms with Crippen LogP contribution in [0.25, 0.3) is 0 Å². The van der Waals surface area contributed by atoms with Gasteiger partial charge in [-0.3, -0.25) is 0 Å². The van der Waals surface area contributed by atoms with Gasteiger partial charge < -0.3 is 28.1 Å². The summed E-state index contributed by atoms with van der Waals surface area (Å²) in [5.74, 6) is 0. The summed E-state index contributed by atoms with van der Waals surface area (Å²) < 4.78 is 17.0. The van der Waals surface area contributed by atoms with Gasteiger partial charge in [-0.15, -0.1) is 0 Å². The Kier molecular flexibility index (Phi) is 19.8. The van der Waals surface area contributed by atoms with Crippen LogP contribution >= 0.6 is 0 Å². The Morgan fingerprint density at radius 3 is 0.778 bits per heavy atom. The first-order valence-electron chi connectivity index (χ1n) is 1.22. The summed E-state index contributed by atoms with van der Waals surface area (Å²) in [6.45, 7) is 0. The van der Waals surface area contributed by atoms with Gasteiger partial charge in [-0.2, -0.15) is 0 Å². The first-order valence-corrected chi connectivity index (χ1v) is 3.67. The standard InChI is InChI=1S/2O3Si.Pu/c2*1-4(2)3;/q2*-2;+4. The molecule has 0 aromatic rings. The molecule has 0 amide bonds. The van der Waals surface area contributed by atoms with E-state index >= 15 is 0 Å². The Morgan fingerprint density at radius 2 is 0.778 bits per heavy atom. The minimum atomic E-state index is -3.63. The largest absolute Gasteiger partial charge is 4.00 e. The summed E-state index contributed by atoms with van der Waals surface area (Å²) in [6.07, 6.45) is 0. The third-order valence-corrected chi connectivity index (χ3v) is 0. The second-order valence-electron chi connectivity index (χ2n) is 0.500. The van der Waals surface area contributed by atoms with Gasteiger partial charge in [-0.1, -0.05) is 0 Å². The predicted molar refractivity (Wildman–Crippen MR) is 12.9 cm³/mol. The van der Waals surface area contributed by atoms with Gasteiger partial charge in [0.25, 0.3) is 0 Å². The molecule has 0 aromatic carbocycles. The van der Waals surface area contributed by atoms with Crippen LogP contribution in [0.1, 0.15) is 0 Å². The van der Waals surface area contributed by atoms with E-state index in [-0.39, 0.29) is 29.2 Å². The molecule has 6 nitrogen and oxygen atoms in total. The molecule has 0 saturated heterocycles. The van der Waals surface area contributed by atoms with E-state index in [0.29, 0.717) is 0 Å². The van der Waals surface area contributed by atoms with Crippen LogP contribution in [-0.4, -0.2) is 18.3 Å². The van der Waals surface area contributed by atoms with Gasteiger partial charge in [0, 0.05) is 18.3 Å². The Morgan fingerprint density at radius 1 is 0.778 bits per heavy atom. The van der Waals surface area contributed by atoms with Crippen LogP contribution < -0.4 is 19.2 Å². The third-order valence-electron chi connectivity index (χ3n) is 0. The van der Waals surface area contributed by atoms with Crippen LogP contribution in [0.4, 0.5) is 0 Å². The predicted octanol–water partition coefficient (Wildman–Crippen LogP) is -5.76. The molecule has 50 valence electrons. The van der Waals surface area contributed by atoms with Crippen molar-refractivity contribution < 1.29 is 57.3 Å². The third kappa shape index (κ3) is 6530. The van der Waals surface area contributed by atoms with Crippen LogP contribution in [0.15, 0.2) is 0 Å². The van der Waals surface area contributed by atoms with Crippen molar-refractivity contribution in [2.45, 2.75) is 0 Å². The molecule has 0 rings (SSSR count). The average Bonchev–Trinajstić information content (AvgIpc) is 1.25. The molecule has 0 aromatic heterocycles. The van der Waals surface area contributed by atoms with Crippen molar-refractivity contribution in [3.05, 3.63) is 0 Å². The summed E-state index contributed by atoms with van der Waals surface area (Å²) >= 11 is 0. The summed E-state index contributed by atoms with van der Waals surface area (Å²) in [7, 11) is -7.26. The molecule has 0 heterocycles. The minimum Gasteiger partial charge on any atom is -0.672 e. The zero-order valence-electron chi connectivity index (χ0n) is 3.86. The van der Waals surface area contributed by atoms with Crippen LogP contribution in [0.2, 0.25) is 0 Å². The SMILES string of the molecule is O=[Si]([O-])[O-].O=[Si]([O-])[O-].[Pu+4]. The smallest absolute Gasteiger partial charge is 0.672 e. The molecule has 0 bridgehead atoms. The summed E-state index contributed by atoms with van der Waals surface area (Å²) in [6, 6.07) is 0. The van der Waals surface area contributed by atoms with Gasteiger partial charge in [0.2, 0.25) is 0 Å². The first kappa shape index (κ1) is 16.1. The van der Waals surface area contributed by atoms with Crippen LogP contribution in [0, 0.1) is 29.2 Å². The molecule has 9 heavy (non-hydrogen) atoms. The fourth-order valence-electron chi connectivity index (χ4n) is 0. The molecule has 9 heteroatoms. The number of hydrogen-bond donors (Lipinski definition) is 0. The van der Waals surface area contributed by atoms with E-state index < -0.39 is 18.3 Å². The summed E-state index contributed by atoms with van der Waals surface area (Å²) in [5.41, 5.74) is 0. The second-order valence-corrected chi connectivity index (χ2v) is 1.50. The van der Waals surface area contributed by atoms with Crippen molar-refractivity contribution in [3.63, 3.8) is 0 Å². The molecule has 0 spiro atoms. The van der Waals surface area contributed by atoms with Gasteiger partial charge in [0.15, 0.2) is 0 Å². The van der Waals surface area contributed by atoms with E-state index in [2.05, 4.69) is 0 Å². The molecule has 0 N–H and O–H groups in total. The Labute approximate surface area is 75.5 Å². The van der Waals surface area contributed by atoms with Crippen molar-refractivity contribution in [1.29, 1.82) is 0 Å². The van der Waals surface area contributed by atoms with Crippen molar-refractivity contribution >= 4 is 18.3 Å². The van der Waals surface area contributed by atoms with E-state index in [4.69, 9.17) is 28.1 Å². The van der Waals surface area contributed by atoms with Crippen LogP contribution in [0.5, 0.6) is 0 Å². The monoisotopic (exact) mass is 390 g/mol. The zero-order chi connectivity index (χ0) is 7.15. The minimum absolute atomic E-state index is 0. The molecule has 0 aliphatic heterocycles. The summed E-state index contributed by atoms with van der Waals surface area (Å²) in [4.78, 5) is 34.1. The Balaban J connectivity index is -0.0000000720. The van der Waals surface area contributed by atoms with Crippen molar-refractivity contribution in [1.82, 2.24) is 0 Å². The zero-order valence-corrected chi connectivity index (χ0v) is 9.26. The van der Waals surface area contributed by atoms with E-state index in [9.17, 15) is 0 Å². The Hall–Kier alpha value is 0.221. The van der Waals surface area contributed by atoms with E-state index in [1.807, 2.05) is 0 Å². The van der Waals surface area contributed by atoms with Gasteiger partial charge in [0.05, 0.1) is 0 Å². The van der Waals surface area contributed by atoms with Crippen molar-refractivity contribution in [3.8, 4) is 0 Å². The maximum atomic E-state index is 8.52. The molecule has 0 fully saturated rings. The van der Waals surface area contributed by atoms with Crippen LogP contribution in [0.3, 0.4) is 0 Å². The molecule has 0 unspecified atom stereocenters. The maximum Gasteiger partial charge on any atom is 4.00 e. The Bertz CT molecular complexity index is 69.1. The molecule has 0 aliphatic rings. The summed E-state index contributed by atoms with van der Waals surface area (Å²) in [5, 5.41) is 0. The number of rotatable bonds is 0. The quantitative estimate of drug-likeness (QED) is 0.376. The topological polar surface area (TPSA) is 126 Å². The van der Waals surface area contributed by atoms with Gasteiger partial charge >= 0.3 is 29.2 Å². The van der Waals surface area contributed by atoms with Crippen molar-refractivity contribution in [2.24, 2.45) is 0 Å². The van der Waals surface area contributed by atoms with Gasteiger partial charge in [-0.25, -0.2) is 0 Å². The normalized spacial score (nSPS) is 5.33. The molecule has 0 saturated carbocycles. The van der Waals surface area contributed by atoms with Crippen molar-refractivity contribution in [2.75, 3.05) is 0 Å². The fourth-order valence-corrected chi connectivity index (χ4v) is 0.